The predicted molar refractivity (Wildman–Crippen MR) is 174 cm³/mol. The maximum atomic E-state index is 14.3. The summed E-state index contributed by atoms with van der Waals surface area (Å²) in [6.45, 7) is 11.0. The number of amides is 1. The number of ether oxygens (including phenoxy) is 2. The van der Waals surface area contributed by atoms with Crippen molar-refractivity contribution in [2.45, 2.75) is 65.7 Å². The summed E-state index contributed by atoms with van der Waals surface area (Å²) in [6.07, 6.45) is 9.67. The van der Waals surface area contributed by atoms with Crippen LogP contribution in [0.15, 0.2) is 60.2 Å². The van der Waals surface area contributed by atoms with E-state index in [2.05, 4.69) is 41.5 Å². The third-order valence-electron chi connectivity index (χ3n) is 8.66. The van der Waals surface area contributed by atoms with E-state index in [1.165, 1.54) is 0 Å². The summed E-state index contributed by atoms with van der Waals surface area (Å²) in [6, 6.07) is 9.53. The van der Waals surface area contributed by atoms with Crippen molar-refractivity contribution in [3.05, 3.63) is 71.3 Å². The Kier molecular flexibility index (Phi) is 9.90. The van der Waals surface area contributed by atoms with Crippen LogP contribution >= 0.6 is 0 Å². The molecule has 2 aliphatic heterocycles. The summed E-state index contributed by atoms with van der Waals surface area (Å²) in [5, 5.41) is 9.40. The molecule has 2 fully saturated rings. The molecular weight excluding hydrogens is 570 g/mol. The lowest BCUT2D eigenvalue weighted by Crippen LogP contribution is -2.46. The van der Waals surface area contributed by atoms with Crippen LogP contribution in [-0.4, -0.2) is 60.2 Å². The number of carboxylic acids is 1. The smallest absolute Gasteiger partial charge is 0.303 e. The van der Waals surface area contributed by atoms with Crippen LogP contribution < -0.4 is 25.2 Å². The Bertz CT molecular complexity index is 1440. The van der Waals surface area contributed by atoms with Crippen LogP contribution in [0.3, 0.4) is 0 Å². The number of hydrazine groups is 1. The van der Waals surface area contributed by atoms with Gasteiger partial charge in [0.25, 0.3) is 5.91 Å². The van der Waals surface area contributed by atoms with Crippen molar-refractivity contribution >= 4 is 17.6 Å². The largest absolute Gasteiger partial charge is 0.497 e. The number of nitrogens with one attached hydrogen (secondary N) is 2. The highest BCUT2D eigenvalue weighted by Crippen LogP contribution is 2.45. The van der Waals surface area contributed by atoms with Gasteiger partial charge in [0.05, 0.1) is 31.4 Å². The van der Waals surface area contributed by atoms with Gasteiger partial charge in [0.2, 0.25) is 5.88 Å². The SMILES string of the molecule is COc1ccc(C(=O)N(CC(C)(C)C)C2=CC(C)=CNN2)c(N2CCC(COc3cc(C(CC(=O)O)C4CC4)ccn3)CC2)c1. The Hall–Kier alpha value is -4.21. The van der Waals surface area contributed by atoms with E-state index in [9.17, 15) is 14.7 Å². The molecule has 3 N–H and O–H groups in total. The van der Waals surface area contributed by atoms with E-state index >= 15 is 0 Å². The van der Waals surface area contributed by atoms with Crippen molar-refractivity contribution in [1.29, 1.82) is 0 Å². The number of benzene rings is 1. The third-order valence-corrected chi connectivity index (χ3v) is 8.66. The number of carbonyl (C=O) groups is 2. The van der Waals surface area contributed by atoms with Gasteiger partial charge >= 0.3 is 5.97 Å². The van der Waals surface area contributed by atoms with E-state index in [1.54, 1.807) is 13.3 Å². The van der Waals surface area contributed by atoms with Crippen LogP contribution in [-0.2, 0) is 4.79 Å². The number of carbonyl (C=O) groups excluding carboxylic acids is 1. The quantitative estimate of drug-likeness (QED) is 0.276. The Labute approximate surface area is 266 Å². The zero-order chi connectivity index (χ0) is 32.1. The average molecular weight is 618 g/mol. The second-order valence-electron chi connectivity index (χ2n) is 13.7. The molecule has 45 heavy (non-hydrogen) atoms. The maximum absolute atomic E-state index is 14.3. The highest BCUT2D eigenvalue weighted by atomic mass is 16.5. The molecule has 1 saturated carbocycles. The zero-order valence-electron chi connectivity index (χ0n) is 27.1. The fourth-order valence-electron chi connectivity index (χ4n) is 6.15. The predicted octanol–water partition coefficient (Wildman–Crippen LogP) is 5.70. The normalized spacial score (nSPS) is 17.8. The first-order valence-electron chi connectivity index (χ1n) is 16.0. The highest BCUT2D eigenvalue weighted by Gasteiger charge is 2.34. The first-order chi connectivity index (χ1) is 21.5. The molecule has 0 radical (unpaired) electrons. The lowest BCUT2D eigenvalue weighted by atomic mass is 9.92. The number of aromatic nitrogens is 1. The van der Waals surface area contributed by atoms with Crippen molar-refractivity contribution in [1.82, 2.24) is 20.7 Å². The first kappa shape index (κ1) is 32.2. The van der Waals surface area contributed by atoms with Gasteiger partial charge in [-0.25, -0.2) is 4.98 Å². The van der Waals surface area contributed by atoms with Crippen LogP contribution in [0.1, 0.15) is 81.6 Å². The highest BCUT2D eigenvalue weighted by molar-refractivity contribution is 6.01. The van der Waals surface area contributed by atoms with E-state index < -0.39 is 5.97 Å². The zero-order valence-corrected chi connectivity index (χ0v) is 27.1. The topological polar surface area (TPSA) is 116 Å². The van der Waals surface area contributed by atoms with Crippen LogP contribution in [0.25, 0.3) is 0 Å². The molecule has 10 nitrogen and oxygen atoms in total. The summed E-state index contributed by atoms with van der Waals surface area (Å²) in [7, 11) is 1.64. The molecule has 5 rings (SSSR count). The number of piperidine rings is 1. The number of pyridine rings is 1. The minimum atomic E-state index is -0.771. The molecule has 1 atom stereocenters. The molecule has 0 bridgehead atoms. The van der Waals surface area contributed by atoms with E-state index in [0.717, 1.165) is 61.4 Å². The molecule has 1 amide bonds. The van der Waals surface area contributed by atoms with Crippen molar-refractivity contribution in [2.24, 2.45) is 17.3 Å². The fourth-order valence-corrected chi connectivity index (χ4v) is 6.15. The van der Waals surface area contributed by atoms with Gasteiger partial charge in [-0.15, -0.1) is 0 Å². The average Bonchev–Trinajstić information content (AvgIpc) is 3.86. The van der Waals surface area contributed by atoms with Crippen LogP contribution in [0.5, 0.6) is 11.6 Å². The number of hydrogen-bond donors (Lipinski definition) is 3. The molecule has 1 aromatic heterocycles. The molecule has 242 valence electrons. The fraction of sp³-hybridized carbons (Fsp3) is 0.514. The monoisotopic (exact) mass is 617 g/mol. The maximum Gasteiger partial charge on any atom is 0.303 e. The molecule has 1 aliphatic carbocycles. The number of hydrogen-bond acceptors (Lipinski definition) is 8. The van der Waals surface area contributed by atoms with Crippen LogP contribution in [0.2, 0.25) is 0 Å². The van der Waals surface area contributed by atoms with Gasteiger partial charge in [-0.1, -0.05) is 20.8 Å². The first-order valence-corrected chi connectivity index (χ1v) is 16.0. The van der Waals surface area contributed by atoms with E-state index in [0.29, 0.717) is 42.2 Å². The standard InChI is InChI=1S/C35H47N5O5/c1-23-16-31(38-37-20-23)40(22-35(2,3)4)34(43)28-9-8-27(44-5)18-30(28)39-14-11-24(12-15-39)21-45-32-17-26(10-13-36-32)29(19-33(41)42)25-6-7-25/h8-10,13,16-18,20,24-25,29,37-38H,6-7,11-12,14-15,19,21-22H2,1-5H3,(H,41,42). The second-order valence-corrected chi connectivity index (χ2v) is 13.7. The van der Waals surface area contributed by atoms with Crippen molar-refractivity contribution in [2.75, 3.05) is 38.3 Å². The molecule has 2 aromatic rings. The number of methoxy groups -OCH3 is 1. The van der Waals surface area contributed by atoms with E-state index in [-0.39, 0.29) is 23.7 Å². The lowest BCUT2D eigenvalue weighted by molar-refractivity contribution is -0.137. The number of anilines is 1. The Morgan fingerprint density at radius 1 is 1.13 bits per heavy atom. The number of carboxylic acid groups (broad SMARTS) is 1. The number of nitrogens with zero attached hydrogens (tertiary/aromatic N) is 3. The molecule has 10 heteroatoms. The molecule has 0 spiro atoms. The van der Waals surface area contributed by atoms with Crippen molar-refractivity contribution in [3.8, 4) is 11.6 Å². The molecule has 1 unspecified atom stereocenters. The molecule has 1 saturated heterocycles. The summed E-state index contributed by atoms with van der Waals surface area (Å²) >= 11 is 0. The second kappa shape index (κ2) is 13.8. The van der Waals surface area contributed by atoms with Crippen molar-refractivity contribution < 1.29 is 24.2 Å². The summed E-state index contributed by atoms with van der Waals surface area (Å²) in [5.41, 5.74) is 9.63. The molecule has 3 heterocycles. The summed E-state index contributed by atoms with van der Waals surface area (Å²) < 4.78 is 11.7. The number of allylic oxidation sites excluding steroid dienone is 2. The summed E-state index contributed by atoms with van der Waals surface area (Å²) in [5.74, 6) is 1.93. The molecule has 1 aromatic carbocycles. The van der Waals surface area contributed by atoms with Gasteiger partial charge in [0, 0.05) is 44.2 Å². The van der Waals surface area contributed by atoms with Gasteiger partial charge in [0.15, 0.2) is 0 Å². The Balaban J connectivity index is 1.27. The minimum Gasteiger partial charge on any atom is -0.497 e. The summed E-state index contributed by atoms with van der Waals surface area (Å²) in [4.78, 5) is 34.2. The van der Waals surface area contributed by atoms with Gasteiger partial charge < -0.3 is 24.9 Å². The minimum absolute atomic E-state index is 0.0112. The van der Waals surface area contributed by atoms with Gasteiger partial charge in [-0.05, 0) is 91.2 Å². The van der Waals surface area contributed by atoms with Gasteiger partial charge in [0.1, 0.15) is 11.6 Å². The lowest BCUT2D eigenvalue weighted by Gasteiger charge is -2.37. The van der Waals surface area contributed by atoms with Gasteiger partial charge in [-0.3, -0.25) is 19.9 Å². The van der Waals surface area contributed by atoms with Crippen LogP contribution in [0, 0.1) is 17.3 Å². The van der Waals surface area contributed by atoms with Crippen LogP contribution in [0.4, 0.5) is 5.69 Å². The number of aliphatic carboxylic acids is 1. The molecule has 3 aliphatic rings. The Morgan fingerprint density at radius 3 is 2.53 bits per heavy atom. The molecular formula is C35H47N5O5. The van der Waals surface area contributed by atoms with E-state index in [4.69, 9.17) is 9.47 Å². The Morgan fingerprint density at radius 2 is 1.89 bits per heavy atom. The number of rotatable bonds is 12. The van der Waals surface area contributed by atoms with E-state index in [1.807, 2.05) is 54.4 Å². The van der Waals surface area contributed by atoms with Gasteiger partial charge in [-0.2, -0.15) is 0 Å². The van der Waals surface area contributed by atoms with Crippen molar-refractivity contribution in [3.63, 3.8) is 0 Å². The third kappa shape index (κ3) is 8.49.